The summed E-state index contributed by atoms with van der Waals surface area (Å²) in [5.41, 5.74) is 2.13. The molecule has 1 saturated heterocycles. The second kappa shape index (κ2) is 10.8. The number of carbonyl (C=O) groups is 1. The van der Waals surface area contributed by atoms with Crippen LogP contribution in [0, 0.1) is 0 Å². The van der Waals surface area contributed by atoms with E-state index in [1.165, 1.54) is 0 Å². The molecule has 7 nitrogen and oxygen atoms in total. The minimum absolute atomic E-state index is 0.00601. The van der Waals surface area contributed by atoms with E-state index in [9.17, 15) is 4.79 Å². The maximum absolute atomic E-state index is 12.6. The standard InChI is InChI=1S/C23H31N3O4/c1-17(18-7-5-4-6-8-18)25-23(27)24-16-20(26-11-13-30-14-12-26)19-9-10-21(28-2)22(15-19)29-3/h4-10,15,17,20H,11-14,16H2,1-3H3,(H2,24,25,27)/t17-,20-/m1/s1. The smallest absolute Gasteiger partial charge is 0.315 e. The van der Waals surface area contributed by atoms with Crippen LogP contribution < -0.4 is 20.1 Å². The van der Waals surface area contributed by atoms with Gasteiger partial charge in [-0.15, -0.1) is 0 Å². The van der Waals surface area contributed by atoms with Crippen molar-refractivity contribution in [3.05, 3.63) is 59.7 Å². The van der Waals surface area contributed by atoms with Crippen molar-refractivity contribution >= 4 is 6.03 Å². The second-order valence-corrected chi connectivity index (χ2v) is 7.27. The van der Waals surface area contributed by atoms with Gasteiger partial charge < -0.3 is 24.8 Å². The second-order valence-electron chi connectivity index (χ2n) is 7.27. The minimum Gasteiger partial charge on any atom is -0.493 e. The molecule has 1 heterocycles. The highest BCUT2D eigenvalue weighted by molar-refractivity contribution is 5.74. The first kappa shape index (κ1) is 21.9. The molecule has 0 saturated carbocycles. The summed E-state index contributed by atoms with van der Waals surface area (Å²) in [6.45, 7) is 5.43. The normalized spacial score (nSPS) is 16.4. The highest BCUT2D eigenvalue weighted by Gasteiger charge is 2.24. The molecule has 1 aliphatic heterocycles. The van der Waals surface area contributed by atoms with Crippen LogP contribution in [-0.2, 0) is 4.74 Å². The van der Waals surface area contributed by atoms with Gasteiger partial charge in [0.2, 0.25) is 0 Å². The zero-order valence-corrected chi connectivity index (χ0v) is 17.9. The third-order valence-corrected chi connectivity index (χ3v) is 5.38. The fourth-order valence-electron chi connectivity index (χ4n) is 3.67. The van der Waals surface area contributed by atoms with Gasteiger partial charge in [-0.3, -0.25) is 4.90 Å². The molecule has 2 N–H and O–H groups in total. The molecule has 3 rings (SSSR count). The number of hydrogen-bond donors (Lipinski definition) is 2. The number of ether oxygens (including phenoxy) is 3. The molecule has 0 aromatic heterocycles. The number of urea groups is 1. The van der Waals surface area contributed by atoms with Crippen LogP contribution in [0.4, 0.5) is 4.79 Å². The molecule has 7 heteroatoms. The molecule has 30 heavy (non-hydrogen) atoms. The third-order valence-electron chi connectivity index (χ3n) is 5.38. The summed E-state index contributed by atoms with van der Waals surface area (Å²) < 4.78 is 16.3. The summed E-state index contributed by atoms with van der Waals surface area (Å²) >= 11 is 0. The summed E-state index contributed by atoms with van der Waals surface area (Å²) in [5, 5.41) is 6.05. The Bertz CT molecular complexity index is 809. The van der Waals surface area contributed by atoms with Crippen molar-refractivity contribution in [1.29, 1.82) is 0 Å². The Kier molecular flexibility index (Phi) is 7.93. The van der Waals surface area contributed by atoms with E-state index in [0.29, 0.717) is 31.3 Å². The Morgan fingerprint density at radius 3 is 2.40 bits per heavy atom. The molecule has 2 aromatic carbocycles. The van der Waals surface area contributed by atoms with E-state index < -0.39 is 0 Å². The Balaban J connectivity index is 1.69. The van der Waals surface area contributed by atoms with Crippen LogP contribution in [0.15, 0.2) is 48.5 Å². The summed E-state index contributed by atoms with van der Waals surface area (Å²) in [7, 11) is 3.25. The molecule has 2 amide bonds. The maximum atomic E-state index is 12.6. The van der Waals surface area contributed by atoms with Gasteiger partial charge in [-0.1, -0.05) is 36.4 Å². The van der Waals surface area contributed by atoms with E-state index in [0.717, 1.165) is 24.2 Å². The van der Waals surface area contributed by atoms with Crippen LogP contribution in [0.25, 0.3) is 0 Å². The number of rotatable bonds is 8. The minimum atomic E-state index is -0.190. The molecule has 2 atom stereocenters. The van der Waals surface area contributed by atoms with Gasteiger partial charge in [0.1, 0.15) is 0 Å². The number of nitrogens with zero attached hydrogens (tertiary/aromatic N) is 1. The number of carbonyl (C=O) groups excluding carboxylic acids is 1. The van der Waals surface area contributed by atoms with E-state index in [4.69, 9.17) is 14.2 Å². The Morgan fingerprint density at radius 2 is 1.73 bits per heavy atom. The van der Waals surface area contributed by atoms with Gasteiger partial charge in [0.25, 0.3) is 0 Å². The number of amides is 2. The Labute approximate surface area is 178 Å². The average molecular weight is 414 g/mol. The monoisotopic (exact) mass is 413 g/mol. The van der Waals surface area contributed by atoms with Crippen molar-refractivity contribution in [3.8, 4) is 11.5 Å². The first-order valence-electron chi connectivity index (χ1n) is 10.3. The van der Waals surface area contributed by atoms with E-state index in [2.05, 4.69) is 15.5 Å². The first-order chi connectivity index (χ1) is 14.6. The quantitative estimate of drug-likeness (QED) is 0.696. The average Bonchev–Trinajstić information content (AvgIpc) is 2.80. The van der Waals surface area contributed by atoms with Crippen molar-refractivity contribution in [3.63, 3.8) is 0 Å². The van der Waals surface area contributed by atoms with Crippen molar-refractivity contribution < 1.29 is 19.0 Å². The lowest BCUT2D eigenvalue weighted by atomic mass is 10.0. The zero-order valence-electron chi connectivity index (χ0n) is 17.9. The van der Waals surface area contributed by atoms with Gasteiger partial charge in [-0.25, -0.2) is 4.79 Å². The largest absolute Gasteiger partial charge is 0.493 e. The highest BCUT2D eigenvalue weighted by Crippen LogP contribution is 2.32. The van der Waals surface area contributed by atoms with E-state index in [1.54, 1.807) is 14.2 Å². The van der Waals surface area contributed by atoms with E-state index in [1.807, 2.05) is 55.5 Å². The number of hydrogen-bond acceptors (Lipinski definition) is 5. The molecular formula is C23H31N3O4. The van der Waals surface area contributed by atoms with Crippen molar-refractivity contribution in [2.24, 2.45) is 0 Å². The lowest BCUT2D eigenvalue weighted by Crippen LogP contribution is -2.46. The van der Waals surface area contributed by atoms with Gasteiger partial charge in [0, 0.05) is 19.6 Å². The number of benzene rings is 2. The van der Waals surface area contributed by atoms with Crippen LogP contribution in [0.5, 0.6) is 11.5 Å². The van der Waals surface area contributed by atoms with Crippen LogP contribution in [0.3, 0.4) is 0 Å². The number of nitrogens with one attached hydrogen (secondary N) is 2. The van der Waals surface area contributed by atoms with Crippen molar-refractivity contribution in [2.45, 2.75) is 19.0 Å². The summed E-state index contributed by atoms with van der Waals surface area (Å²) in [5.74, 6) is 1.36. The van der Waals surface area contributed by atoms with Gasteiger partial charge in [-0.05, 0) is 30.2 Å². The number of morpholine rings is 1. The number of methoxy groups -OCH3 is 2. The Hall–Kier alpha value is -2.77. The summed E-state index contributed by atoms with van der Waals surface area (Å²) in [6, 6.07) is 15.6. The van der Waals surface area contributed by atoms with Gasteiger partial charge in [0.15, 0.2) is 11.5 Å². The van der Waals surface area contributed by atoms with E-state index >= 15 is 0 Å². The third kappa shape index (κ3) is 5.64. The molecule has 162 valence electrons. The molecule has 0 unspecified atom stereocenters. The SMILES string of the molecule is COc1ccc([C@@H](CNC(=O)N[C@H](C)c2ccccc2)N2CCOCC2)cc1OC. The molecule has 0 radical (unpaired) electrons. The van der Waals surface area contributed by atoms with Gasteiger partial charge >= 0.3 is 6.03 Å². The van der Waals surface area contributed by atoms with Crippen LogP contribution in [0.1, 0.15) is 30.1 Å². The molecule has 1 aliphatic rings. The van der Waals surface area contributed by atoms with Crippen LogP contribution >= 0.6 is 0 Å². The lowest BCUT2D eigenvalue weighted by molar-refractivity contribution is 0.0166. The molecule has 0 spiro atoms. The predicted molar refractivity (Wildman–Crippen MR) is 116 cm³/mol. The van der Waals surface area contributed by atoms with Gasteiger partial charge in [-0.2, -0.15) is 0 Å². The Morgan fingerprint density at radius 1 is 1.03 bits per heavy atom. The van der Waals surface area contributed by atoms with Crippen molar-refractivity contribution in [2.75, 3.05) is 47.1 Å². The van der Waals surface area contributed by atoms with Crippen molar-refractivity contribution in [1.82, 2.24) is 15.5 Å². The molecule has 0 aliphatic carbocycles. The van der Waals surface area contributed by atoms with Gasteiger partial charge in [0.05, 0.1) is 39.5 Å². The zero-order chi connectivity index (χ0) is 21.3. The molecular weight excluding hydrogens is 382 g/mol. The summed E-state index contributed by atoms with van der Waals surface area (Å²) in [6.07, 6.45) is 0. The molecule has 0 bridgehead atoms. The van der Waals surface area contributed by atoms with E-state index in [-0.39, 0.29) is 18.1 Å². The highest BCUT2D eigenvalue weighted by atomic mass is 16.5. The topological polar surface area (TPSA) is 72.1 Å². The predicted octanol–water partition coefficient (Wildman–Crippen LogP) is 3.14. The fourth-order valence-corrected chi connectivity index (χ4v) is 3.67. The molecule has 1 fully saturated rings. The van der Waals surface area contributed by atoms with Crippen LogP contribution in [0.2, 0.25) is 0 Å². The summed E-state index contributed by atoms with van der Waals surface area (Å²) in [4.78, 5) is 14.9. The maximum Gasteiger partial charge on any atom is 0.315 e. The fraction of sp³-hybridized carbons (Fsp3) is 0.435. The lowest BCUT2D eigenvalue weighted by Gasteiger charge is -2.35. The van der Waals surface area contributed by atoms with Crippen LogP contribution in [-0.4, -0.2) is 58.0 Å². The molecule has 2 aromatic rings. The first-order valence-corrected chi connectivity index (χ1v) is 10.3.